The molecule has 0 atom stereocenters. The Kier molecular flexibility index (Phi) is 4.59. The second-order valence-corrected chi connectivity index (χ2v) is 6.33. The lowest BCUT2D eigenvalue weighted by molar-refractivity contribution is 0.236. The highest BCUT2D eigenvalue weighted by Crippen LogP contribution is 2.27. The number of benzene rings is 1. The van der Waals surface area contributed by atoms with Gasteiger partial charge in [-0.05, 0) is 25.8 Å². The van der Waals surface area contributed by atoms with Crippen LogP contribution in [0.2, 0.25) is 0 Å². The molecule has 4 heteroatoms. The van der Waals surface area contributed by atoms with Crippen LogP contribution in [0.3, 0.4) is 0 Å². The summed E-state index contributed by atoms with van der Waals surface area (Å²) in [7, 11) is 0. The maximum Gasteiger partial charge on any atom is 0.103 e. The van der Waals surface area contributed by atoms with Crippen LogP contribution >= 0.6 is 0 Å². The van der Waals surface area contributed by atoms with Crippen LogP contribution in [-0.2, 0) is 0 Å². The van der Waals surface area contributed by atoms with Crippen LogP contribution in [0.1, 0.15) is 25.3 Å². The number of aromatic nitrogens is 1. The van der Waals surface area contributed by atoms with Gasteiger partial charge in [0, 0.05) is 37.3 Å². The van der Waals surface area contributed by atoms with Crippen molar-refractivity contribution in [2.45, 2.75) is 25.8 Å². The Morgan fingerprint density at radius 2 is 2.13 bits per heavy atom. The van der Waals surface area contributed by atoms with Gasteiger partial charge in [-0.1, -0.05) is 30.4 Å². The van der Waals surface area contributed by atoms with E-state index < -0.39 is 0 Å². The third kappa shape index (κ3) is 3.52. The third-order valence-electron chi connectivity index (χ3n) is 4.33. The quantitative estimate of drug-likeness (QED) is 0.878. The van der Waals surface area contributed by atoms with Gasteiger partial charge in [-0.25, -0.2) is 0 Å². The van der Waals surface area contributed by atoms with E-state index in [2.05, 4.69) is 34.8 Å². The maximum absolute atomic E-state index is 9.40. The van der Waals surface area contributed by atoms with E-state index in [9.17, 15) is 5.26 Å². The van der Waals surface area contributed by atoms with Crippen LogP contribution in [0, 0.1) is 11.3 Å². The summed E-state index contributed by atoms with van der Waals surface area (Å²) in [6, 6.07) is 10.6. The molecule has 2 heterocycles. The van der Waals surface area contributed by atoms with Gasteiger partial charge in [0.05, 0.1) is 16.8 Å². The van der Waals surface area contributed by atoms with Crippen LogP contribution < -0.4 is 5.32 Å². The van der Waals surface area contributed by atoms with E-state index in [-0.39, 0.29) is 0 Å². The molecule has 1 aliphatic rings. The van der Waals surface area contributed by atoms with Crippen molar-refractivity contribution in [2.75, 3.05) is 25.0 Å². The summed E-state index contributed by atoms with van der Waals surface area (Å²) in [5, 5.41) is 14.0. The second-order valence-electron chi connectivity index (χ2n) is 6.33. The fraction of sp³-hybridized carbons (Fsp3) is 0.368. The predicted octanol–water partition coefficient (Wildman–Crippen LogP) is 3.56. The normalized spacial score (nSPS) is 16.2. The van der Waals surface area contributed by atoms with Crippen LogP contribution in [0.15, 0.2) is 42.6 Å². The molecule has 1 fully saturated rings. The van der Waals surface area contributed by atoms with Crippen molar-refractivity contribution in [3.05, 3.63) is 48.2 Å². The zero-order chi connectivity index (χ0) is 16.2. The van der Waals surface area contributed by atoms with Crippen LogP contribution in [0.25, 0.3) is 10.9 Å². The molecule has 0 bridgehead atoms. The molecular weight excluding hydrogens is 284 g/mol. The number of piperidine rings is 1. The average Bonchev–Trinajstić information content (AvgIpc) is 2.56. The summed E-state index contributed by atoms with van der Waals surface area (Å²) in [6.07, 6.45) is 3.82. The number of anilines is 1. The van der Waals surface area contributed by atoms with Gasteiger partial charge in [0.15, 0.2) is 0 Å². The Hall–Kier alpha value is -2.38. The summed E-state index contributed by atoms with van der Waals surface area (Å²) >= 11 is 0. The summed E-state index contributed by atoms with van der Waals surface area (Å²) in [5.74, 6) is 0. The number of nitriles is 1. The molecule has 0 saturated carbocycles. The smallest absolute Gasteiger partial charge is 0.103 e. The molecule has 4 nitrogen and oxygen atoms in total. The van der Waals surface area contributed by atoms with Crippen molar-refractivity contribution in [1.82, 2.24) is 9.88 Å². The molecule has 1 aromatic heterocycles. The number of fused-ring (bicyclic) bond motifs is 1. The topological polar surface area (TPSA) is 52.0 Å². The van der Waals surface area contributed by atoms with E-state index in [4.69, 9.17) is 0 Å². The molecular formula is C19H22N4. The number of para-hydroxylation sites is 1. The second kappa shape index (κ2) is 6.80. The molecule has 1 aliphatic heterocycles. The fourth-order valence-corrected chi connectivity index (χ4v) is 3.20. The highest BCUT2D eigenvalue weighted by atomic mass is 15.1. The Labute approximate surface area is 137 Å². The lowest BCUT2D eigenvalue weighted by Gasteiger charge is -2.33. The number of likely N-dealkylation sites (tertiary alicyclic amines) is 1. The third-order valence-corrected chi connectivity index (χ3v) is 4.33. The van der Waals surface area contributed by atoms with Gasteiger partial charge in [-0.3, -0.25) is 9.88 Å². The highest BCUT2D eigenvalue weighted by Gasteiger charge is 2.20. The number of hydrogen-bond acceptors (Lipinski definition) is 4. The van der Waals surface area contributed by atoms with E-state index in [1.165, 1.54) is 5.57 Å². The molecule has 2 aromatic rings. The van der Waals surface area contributed by atoms with E-state index in [0.29, 0.717) is 11.6 Å². The largest absolute Gasteiger partial charge is 0.381 e. The summed E-state index contributed by atoms with van der Waals surface area (Å²) in [5.41, 5.74) is 3.68. The van der Waals surface area contributed by atoms with Gasteiger partial charge in [0.25, 0.3) is 0 Å². The SMILES string of the molecule is C=C(C)CN1CCC(Nc2c(C#N)cnc3ccccc23)CC1. The molecule has 0 aliphatic carbocycles. The van der Waals surface area contributed by atoms with Crippen molar-refractivity contribution < 1.29 is 0 Å². The van der Waals surface area contributed by atoms with Crippen LogP contribution in [0.5, 0.6) is 0 Å². The minimum atomic E-state index is 0.397. The minimum Gasteiger partial charge on any atom is -0.381 e. The molecule has 0 amide bonds. The molecule has 23 heavy (non-hydrogen) atoms. The molecule has 0 unspecified atom stereocenters. The van der Waals surface area contributed by atoms with Crippen molar-refractivity contribution in [2.24, 2.45) is 0 Å². The fourth-order valence-electron chi connectivity index (χ4n) is 3.20. The summed E-state index contributed by atoms with van der Waals surface area (Å²) in [6.45, 7) is 9.18. The monoisotopic (exact) mass is 306 g/mol. The van der Waals surface area contributed by atoms with Gasteiger partial charge in [-0.2, -0.15) is 5.26 Å². The average molecular weight is 306 g/mol. The van der Waals surface area contributed by atoms with E-state index >= 15 is 0 Å². The summed E-state index contributed by atoms with van der Waals surface area (Å²) in [4.78, 5) is 6.81. The Morgan fingerprint density at radius 3 is 2.83 bits per heavy atom. The van der Waals surface area contributed by atoms with Gasteiger partial charge >= 0.3 is 0 Å². The van der Waals surface area contributed by atoms with Crippen molar-refractivity contribution >= 4 is 16.6 Å². The molecule has 0 spiro atoms. The van der Waals surface area contributed by atoms with Crippen LogP contribution in [0.4, 0.5) is 5.69 Å². The first-order valence-corrected chi connectivity index (χ1v) is 8.08. The Morgan fingerprint density at radius 1 is 1.39 bits per heavy atom. The van der Waals surface area contributed by atoms with Crippen molar-refractivity contribution in [3.8, 4) is 6.07 Å². The van der Waals surface area contributed by atoms with Gasteiger partial charge in [0.1, 0.15) is 6.07 Å². The maximum atomic E-state index is 9.40. The first-order valence-electron chi connectivity index (χ1n) is 8.08. The van der Waals surface area contributed by atoms with Crippen molar-refractivity contribution in [1.29, 1.82) is 5.26 Å². The number of rotatable bonds is 4. The number of hydrogen-bond donors (Lipinski definition) is 1. The first-order chi connectivity index (χ1) is 11.2. The first kappa shape index (κ1) is 15.5. The molecule has 0 radical (unpaired) electrons. The van der Waals surface area contributed by atoms with Gasteiger partial charge in [0.2, 0.25) is 0 Å². The number of nitrogens with zero attached hydrogens (tertiary/aromatic N) is 3. The van der Waals surface area contributed by atoms with Gasteiger partial charge in [-0.15, -0.1) is 0 Å². The van der Waals surface area contributed by atoms with Crippen LogP contribution in [-0.4, -0.2) is 35.6 Å². The zero-order valence-electron chi connectivity index (χ0n) is 13.5. The predicted molar refractivity (Wildman–Crippen MR) is 94.4 cm³/mol. The lowest BCUT2D eigenvalue weighted by Crippen LogP contribution is -2.39. The molecule has 118 valence electrons. The Bertz CT molecular complexity index is 752. The number of pyridine rings is 1. The Balaban J connectivity index is 1.77. The zero-order valence-corrected chi connectivity index (χ0v) is 13.5. The molecule has 1 N–H and O–H groups in total. The van der Waals surface area contributed by atoms with E-state index in [1.807, 2.05) is 24.3 Å². The standard InChI is InChI=1S/C19H22N4/c1-14(2)13-23-9-7-16(8-10-23)22-19-15(11-20)12-21-18-6-4-3-5-17(18)19/h3-6,12,16H,1,7-10,13H2,2H3,(H,21,22). The minimum absolute atomic E-state index is 0.397. The molecule has 3 rings (SSSR count). The van der Waals surface area contributed by atoms with E-state index in [1.54, 1.807) is 6.20 Å². The lowest BCUT2D eigenvalue weighted by atomic mass is 10.0. The molecule has 1 aromatic carbocycles. The molecule has 1 saturated heterocycles. The summed E-state index contributed by atoms with van der Waals surface area (Å²) < 4.78 is 0. The van der Waals surface area contributed by atoms with E-state index in [0.717, 1.165) is 49.1 Å². The van der Waals surface area contributed by atoms with Gasteiger partial charge < -0.3 is 5.32 Å². The van der Waals surface area contributed by atoms with Crippen molar-refractivity contribution in [3.63, 3.8) is 0 Å². The highest BCUT2D eigenvalue weighted by molar-refractivity contribution is 5.93. The number of nitrogens with one attached hydrogen (secondary N) is 1.